The summed E-state index contributed by atoms with van der Waals surface area (Å²) in [6.07, 6.45) is 0. The molecule has 0 aliphatic carbocycles. The third kappa shape index (κ3) is 5.44. The van der Waals surface area contributed by atoms with E-state index >= 15 is 0 Å². The Hall–Kier alpha value is -5.30. The van der Waals surface area contributed by atoms with Crippen LogP contribution >= 0.6 is 0 Å². The summed E-state index contributed by atoms with van der Waals surface area (Å²) in [7, 11) is 0. The first-order valence-corrected chi connectivity index (χ1v) is 12.9. The fraction of sp³-hybridized carbons (Fsp3) is 0.0909. The van der Waals surface area contributed by atoms with E-state index in [2.05, 4.69) is 9.97 Å². The molecule has 0 saturated carbocycles. The predicted molar refractivity (Wildman–Crippen MR) is 154 cm³/mol. The second-order valence-electron chi connectivity index (χ2n) is 9.38. The topological polar surface area (TPSA) is 93.4 Å². The lowest BCUT2D eigenvalue weighted by atomic mass is 10.1. The molecule has 40 heavy (non-hydrogen) atoms. The number of rotatable bonds is 9. The number of carbonyl (C=O) groups excluding carboxylic acids is 1. The number of benzene rings is 4. The van der Waals surface area contributed by atoms with Gasteiger partial charge in [-0.05, 0) is 28.8 Å². The van der Waals surface area contributed by atoms with Crippen LogP contribution < -0.4 is 15.0 Å². The number of esters is 1. The van der Waals surface area contributed by atoms with Crippen molar-refractivity contribution in [3.05, 3.63) is 142 Å². The normalized spacial score (nSPS) is 11.0. The van der Waals surface area contributed by atoms with E-state index in [1.54, 1.807) is 6.07 Å². The van der Waals surface area contributed by atoms with Gasteiger partial charge in [0.2, 0.25) is 0 Å². The zero-order valence-electron chi connectivity index (χ0n) is 21.6. The number of pyridine rings is 1. The number of aromatic amines is 2. The van der Waals surface area contributed by atoms with E-state index in [9.17, 15) is 9.59 Å². The SMILES string of the molecule is O=C(OCc1ccccc1)c1cc2c([nH]c3cc(OCc4ccccc4)c(OCc4ccccc4)cc32)c(=O)[nH]1. The largest absolute Gasteiger partial charge is 0.485 e. The first-order chi connectivity index (χ1) is 19.6. The Morgan fingerprint density at radius 2 is 1.12 bits per heavy atom. The molecule has 6 rings (SSSR count). The van der Waals surface area contributed by atoms with E-state index < -0.39 is 11.5 Å². The highest BCUT2D eigenvalue weighted by atomic mass is 16.5. The van der Waals surface area contributed by atoms with Crippen molar-refractivity contribution in [2.24, 2.45) is 0 Å². The minimum Gasteiger partial charge on any atom is -0.485 e. The van der Waals surface area contributed by atoms with Gasteiger partial charge >= 0.3 is 5.97 Å². The average molecular weight is 531 g/mol. The molecule has 0 bridgehead atoms. The summed E-state index contributed by atoms with van der Waals surface area (Å²) in [4.78, 5) is 31.6. The van der Waals surface area contributed by atoms with Crippen molar-refractivity contribution in [3.8, 4) is 11.5 Å². The standard InChI is InChI=1S/C33H26N2O5/c36-32-31-26(16-28(35-32)33(37)40-21-24-14-8-3-9-15-24)25-17-29(38-19-22-10-4-1-5-11-22)30(18-27(25)34-31)39-20-23-12-6-2-7-13-23/h1-18,34H,19-21H2,(H,35,36). The molecule has 2 heterocycles. The molecular formula is C33H26N2O5. The van der Waals surface area contributed by atoms with Crippen LogP contribution in [-0.4, -0.2) is 15.9 Å². The Morgan fingerprint density at radius 1 is 0.600 bits per heavy atom. The molecule has 0 spiro atoms. The predicted octanol–water partition coefficient (Wildman–Crippen LogP) is 6.52. The summed E-state index contributed by atoms with van der Waals surface area (Å²) in [5.41, 5.74) is 3.58. The molecular weight excluding hydrogens is 504 g/mol. The Kier molecular flexibility index (Phi) is 7.01. The van der Waals surface area contributed by atoms with E-state index in [0.29, 0.717) is 41.1 Å². The maximum absolute atomic E-state index is 13.0. The first-order valence-electron chi connectivity index (χ1n) is 12.9. The zero-order chi connectivity index (χ0) is 27.3. The van der Waals surface area contributed by atoms with Crippen LogP contribution in [0.15, 0.2) is 114 Å². The lowest BCUT2D eigenvalue weighted by Crippen LogP contribution is -2.15. The van der Waals surface area contributed by atoms with E-state index in [-0.39, 0.29) is 12.3 Å². The number of H-pyrrole nitrogens is 2. The molecule has 0 amide bonds. The van der Waals surface area contributed by atoms with Crippen LogP contribution in [0.25, 0.3) is 21.8 Å². The van der Waals surface area contributed by atoms with Gasteiger partial charge in [-0.25, -0.2) is 4.79 Å². The van der Waals surface area contributed by atoms with Crippen LogP contribution in [0.3, 0.4) is 0 Å². The molecule has 6 aromatic rings. The Labute approximate surface area is 230 Å². The maximum atomic E-state index is 13.0. The molecule has 0 atom stereocenters. The summed E-state index contributed by atoms with van der Waals surface area (Å²) in [5, 5.41) is 1.32. The number of hydrogen-bond acceptors (Lipinski definition) is 5. The second kappa shape index (κ2) is 11.2. The van der Waals surface area contributed by atoms with Crippen LogP contribution in [0.2, 0.25) is 0 Å². The van der Waals surface area contributed by atoms with Crippen LogP contribution in [-0.2, 0) is 24.6 Å². The van der Waals surface area contributed by atoms with E-state index in [1.807, 2.05) is 103 Å². The van der Waals surface area contributed by atoms with Crippen molar-refractivity contribution >= 4 is 27.8 Å². The molecule has 0 unspecified atom stereocenters. The van der Waals surface area contributed by atoms with Crippen molar-refractivity contribution in [3.63, 3.8) is 0 Å². The van der Waals surface area contributed by atoms with E-state index in [4.69, 9.17) is 14.2 Å². The number of nitrogens with one attached hydrogen (secondary N) is 2. The molecule has 2 aromatic heterocycles. The molecule has 0 fully saturated rings. The van der Waals surface area contributed by atoms with Crippen molar-refractivity contribution in [1.29, 1.82) is 0 Å². The molecule has 0 saturated heterocycles. The summed E-state index contributed by atoms with van der Waals surface area (Å²) in [5.74, 6) is 0.458. The number of fused-ring (bicyclic) bond motifs is 3. The van der Waals surface area contributed by atoms with Gasteiger partial charge < -0.3 is 24.2 Å². The van der Waals surface area contributed by atoms with Crippen molar-refractivity contribution in [2.45, 2.75) is 19.8 Å². The monoisotopic (exact) mass is 530 g/mol. The van der Waals surface area contributed by atoms with Gasteiger partial charge in [-0.15, -0.1) is 0 Å². The fourth-order valence-electron chi connectivity index (χ4n) is 4.52. The van der Waals surface area contributed by atoms with E-state index in [1.165, 1.54) is 0 Å². The van der Waals surface area contributed by atoms with Crippen LogP contribution in [0, 0.1) is 0 Å². The van der Waals surface area contributed by atoms with Gasteiger partial charge in [-0.1, -0.05) is 91.0 Å². The highest BCUT2D eigenvalue weighted by molar-refractivity contribution is 6.09. The van der Waals surface area contributed by atoms with Crippen molar-refractivity contribution < 1.29 is 19.0 Å². The highest BCUT2D eigenvalue weighted by Crippen LogP contribution is 2.36. The second-order valence-corrected chi connectivity index (χ2v) is 9.38. The van der Waals surface area contributed by atoms with Gasteiger partial charge in [0.1, 0.15) is 31.0 Å². The molecule has 2 N–H and O–H groups in total. The average Bonchev–Trinajstić information content (AvgIpc) is 3.37. The first kappa shape index (κ1) is 25.0. The fourth-order valence-corrected chi connectivity index (χ4v) is 4.52. The number of aromatic nitrogens is 2. The van der Waals surface area contributed by atoms with Gasteiger partial charge in [0.05, 0.1) is 5.52 Å². The molecule has 7 heteroatoms. The van der Waals surface area contributed by atoms with Crippen LogP contribution in [0.4, 0.5) is 0 Å². The Bertz CT molecular complexity index is 1830. The smallest absolute Gasteiger partial charge is 0.355 e. The molecule has 0 aliphatic heterocycles. The van der Waals surface area contributed by atoms with E-state index in [0.717, 1.165) is 22.1 Å². The lowest BCUT2D eigenvalue weighted by molar-refractivity contribution is 0.0465. The maximum Gasteiger partial charge on any atom is 0.355 e. The molecule has 0 aliphatic rings. The van der Waals surface area contributed by atoms with Crippen LogP contribution in [0.5, 0.6) is 11.5 Å². The summed E-state index contributed by atoms with van der Waals surface area (Å²) < 4.78 is 17.8. The quantitative estimate of drug-likeness (QED) is 0.208. The molecule has 198 valence electrons. The summed E-state index contributed by atoms with van der Waals surface area (Å²) in [6, 6.07) is 34.4. The van der Waals surface area contributed by atoms with Gasteiger partial charge in [0, 0.05) is 16.8 Å². The summed E-state index contributed by atoms with van der Waals surface area (Å²) >= 11 is 0. The number of carbonyl (C=O) groups is 1. The zero-order valence-corrected chi connectivity index (χ0v) is 21.6. The third-order valence-electron chi connectivity index (χ3n) is 6.57. The highest BCUT2D eigenvalue weighted by Gasteiger charge is 2.18. The Morgan fingerprint density at radius 3 is 1.70 bits per heavy atom. The minimum atomic E-state index is -0.611. The van der Waals surface area contributed by atoms with Crippen molar-refractivity contribution in [1.82, 2.24) is 9.97 Å². The van der Waals surface area contributed by atoms with Crippen LogP contribution in [0.1, 0.15) is 27.2 Å². The minimum absolute atomic E-state index is 0.0745. The van der Waals surface area contributed by atoms with Gasteiger partial charge in [-0.3, -0.25) is 4.79 Å². The molecule has 0 radical (unpaired) electrons. The third-order valence-corrected chi connectivity index (χ3v) is 6.57. The lowest BCUT2D eigenvalue weighted by Gasteiger charge is -2.14. The molecule has 7 nitrogen and oxygen atoms in total. The van der Waals surface area contributed by atoms with Gasteiger partial charge in [0.25, 0.3) is 5.56 Å². The molecule has 4 aromatic carbocycles. The van der Waals surface area contributed by atoms with Crippen molar-refractivity contribution in [2.75, 3.05) is 0 Å². The number of hydrogen-bond donors (Lipinski definition) is 2. The Balaban J connectivity index is 1.35. The van der Waals surface area contributed by atoms with Gasteiger partial charge in [-0.2, -0.15) is 0 Å². The summed E-state index contributed by atoms with van der Waals surface area (Å²) in [6.45, 7) is 0.799. The van der Waals surface area contributed by atoms with Gasteiger partial charge in [0.15, 0.2) is 11.5 Å². The number of ether oxygens (including phenoxy) is 3.